The summed E-state index contributed by atoms with van der Waals surface area (Å²) < 4.78 is 43.2. The van der Waals surface area contributed by atoms with Gasteiger partial charge in [0.05, 0.1) is 23.5 Å². The molecule has 2 aliphatic rings. The Hall–Kier alpha value is -8.58. The lowest BCUT2D eigenvalue weighted by molar-refractivity contribution is 0.103. The number of piperidine rings is 1. The molecule has 0 amide bonds. The Bertz CT molecular complexity index is 3680. The highest BCUT2D eigenvalue weighted by molar-refractivity contribution is 7.90. The minimum atomic E-state index is -1.18. The number of hydrogen-bond acceptors (Lipinski definition) is 17. The molecule has 21 nitrogen and oxygen atoms in total. The van der Waals surface area contributed by atoms with Gasteiger partial charge >= 0.3 is 0 Å². The third kappa shape index (κ3) is 13.8. The number of ketones is 2. The van der Waals surface area contributed by atoms with Gasteiger partial charge in [0.15, 0.2) is 22.5 Å². The molecule has 2 saturated heterocycles. The quantitative estimate of drug-likeness (QED) is 0.108. The molecule has 2 N–H and O–H groups in total. The number of hydrogen-bond donors (Lipinski definition) is 1. The van der Waals surface area contributed by atoms with E-state index in [1.54, 1.807) is 38.8 Å². The first-order valence-corrected chi connectivity index (χ1v) is 27.0. The number of piperazine rings is 1. The van der Waals surface area contributed by atoms with E-state index in [1.807, 2.05) is 76.4 Å². The zero-order valence-electron chi connectivity index (χ0n) is 44.5. The molecule has 0 aliphatic carbocycles. The minimum absolute atomic E-state index is 0.194. The second-order valence-electron chi connectivity index (χ2n) is 19.7. The van der Waals surface area contributed by atoms with Crippen LogP contribution in [0.25, 0.3) is 33.3 Å². The Balaban J connectivity index is 0.000000148. The number of carbonyl (C=O) groups excluding carboxylic acids is 2. The fourth-order valence-electron chi connectivity index (χ4n) is 8.47. The van der Waals surface area contributed by atoms with Gasteiger partial charge < -0.3 is 19.3 Å². The minimum Gasteiger partial charge on any atom is -0.598 e. The van der Waals surface area contributed by atoms with Crippen molar-refractivity contribution in [1.29, 1.82) is 0 Å². The number of rotatable bonds is 9. The van der Waals surface area contributed by atoms with Crippen LogP contribution in [0, 0.1) is 11.6 Å². The second kappa shape index (κ2) is 25.0. The topological polar surface area (TPSA) is 241 Å². The average Bonchev–Trinajstić information content (AvgIpc) is 4.31. The molecule has 2 fully saturated rings. The van der Waals surface area contributed by atoms with Crippen LogP contribution in [-0.4, -0.2) is 129 Å². The maximum atomic E-state index is 13.1. The van der Waals surface area contributed by atoms with Gasteiger partial charge in [-0.3, -0.25) is 19.0 Å². The average molecular weight is 1120 g/mol. The summed E-state index contributed by atoms with van der Waals surface area (Å²) >= 11 is 4.79. The van der Waals surface area contributed by atoms with Crippen molar-refractivity contribution >= 4 is 63.3 Å². The summed E-state index contributed by atoms with van der Waals surface area (Å²) in [5.41, 5.74) is 7.46. The van der Waals surface area contributed by atoms with Crippen LogP contribution < -0.4 is 19.8 Å². The fourth-order valence-corrected chi connectivity index (χ4v) is 8.65. The number of benzene rings is 2. The van der Waals surface area contributed by atoms with Crippen LogP contribution in [0.2, 0.25) is 5.15 Å². The third-order valence-electron chi connectivity index (χ3n) is 12.9. The van der Waals surface area contributed by atoms with Crippen molar-refractivity contribution in [2.45, 2.75) is 44.8 Å². The van der Waals surface area contributed by atoms with E-state index in [4.69, 9.17) is 16.7 Å². The Morgan fingerprint density at radius 1 is 0.537 bits per heavy atom. The first-order valence-electron chi connectivity index (χ1n) is 25.4. The predicted octanol–water partition coefficient (Wildman–Crippen LogP) is 7.64. The smallest absolute Gasteiger partial charge is 0.225 e. The van der Waals surface area contributed by atoms with Crippen molar-refractivity contribution in [3.63, 3.8) is 0 Å². The molecule has 2 aliphatic heterocycles. The van der Waals surface area contributed by atoms with Crippen molar-refractivity contribution in [2.24, 2.45) is 19.2 Å². The lowest BCUT2D eigenvalue weighted by atomic mass is 10.1. The highest BCUT2D eigenvalue weighted by Crippen LogP contribution is 2.28. The Morgan fingerprint density at radius 2 is 0.950 bits per heavy atom. The molecule has 1 atom stereocenters. The molecule has 12 rings (SSSR count). The molecule has 0 saturated carbocycles. The zero-order chi connectivity index (χ0) is 56.5. The molecule has 8 aromatic heterocycles. The molecule has 80 heavy (non-hydrogen) atoms. The summed E-state index contributed by atoms with van der Waals surface area (Å²) in [6.07, 6.45) is 24.1. The van der Waals surface area contributed by atoms with E-state index in [-0.39, 0.29) is 27.9 Å². The van der Waals surface area contributed by atoms with E-state index < -0.39 is 11.4 Å². The molecule has 412 valence electrons. The van der Waals surface area contributed by atoms with Crippen LogP contribution in [0.15, 0.2) is 135 Å². The Morgan fingerprint density at radius 3 is 1.38 bits per heavy atom. The largest absolute Gasteiger partial charge is 0.598 e. The molecular formula is C55H57ClF2N18O3S. The number of carbonyl (C=O) groups is 2. The number of aryl methyl sites for hydroxylation is 2. The first-order chi connectivity index (χ1) is 38.5. The second-order valence-corrected chi connectivity index (χ2v) is 21.9. The lowest BCUT2D eigenvalue weighted by Crippen LogP contribution is -2.47. The van der Waals surface area contributed by atoms with Gasteiger partial charge in [0.1, 0.15) is 40.1 Å². The van der Waals surface area contributed by atoms with Gasteiger partial charge in [0, 0.05) is 148 Å². The van der Waals surface area contributed by atoms with Gasteiger partial charge in [0.25, 0.3) is 0 Å². The van der Waals surface area contributed by atoms with Crippen molar-refractivity contribution in [3.8, 4) is 22.3 Å². The van der Waals surface area contributed by atoms with Crippen molar-refractivity contribution in [2.75, 3.05) is 54.0 Å². The number of fused-ring (bicyclic) bond motifs is 2. The summed E-state index contributed by atoms with van der Waals surface area (Å²) in [7, 11) is 3.77. The van der Waals surface area contributed by atoms with Gasteiger partial charge in [-0.2, -0.15) is 25.5 Å². The van der Waals surface area contributed by atoms with Crippen LogP contribution >= 0.6 is 11.6 Å². The first kappa shape index (κ1) is 56.2. The fraction of sp³-hybridized carbons (Fsp3) is 0.273. The highest BCUT2D eigenvalue weighted by Gasteiger charge is 2.24. The van der Waals surface area contributed by atoms with E-state index in [9.17, 15) is 22.9 Å². The normalized spacial score (nSPS) is 13.9. The standard InChI is InChI=1S/C25H22FN9O.C16H16FN3O.C10H8ClN5.C4H11NOS/c1-32-14-20(13-30-32)18-10-22-24(29-16-31-35(22)15-18)33-6-8-34(9-7-33)25-27-11-19(12-28-25)23(36)17-2-4-21(26)5-3-17;17-14-6-4-12(5-7-14)15(21)13-10-18-16(19-11-13)20-8-2-1-3-9-20;1-15-4-8(3-13-15)7-2-9-10(11)12-6-14-16(9)5-7;1-4(2,3)7(5)6/h2-5,10-16H,6-9H2,1H3;4-7,10-11H,1-3,8-9H2;2-6H,1H3;5H2,1-3H3. The van der Waals surface area contributed by atoms with Crippen LogP contribution in [0.5, 0.6) is 0 Å². The van der Waals surface area contributed by atoms with Crippen molar-refractivity contribution < 1.29 is 22.9 Å². The van der Waals surface area contributed by atoms with E-state index in [0.717, 1.165) is 78.1 Å². The summed E-state index contributed by atoms with van der Waals surface area (Å²) in [6.45, 7) is 10.3. The molecule has 0 spiro atoms. The molecule has 0 radical (unpaired) electrons. The number of halogens is 3. The number of anilines is 3. The van der Waals surface area contributed by atoms with Crippen LogP contribution in [0.4, 0.5) is 26.5 Å². The third-order valence-corrected chi connectivity index (χ3v) is 14.4. The Labute approximate surface area is 467 Å². The van der Waals surface area contributed by atoms with Crippen LogP contribution in [0.3, 0.4) is 0 Å². The van der Waals surface area contributed by atoms with Crippen molar-refractivity contribution in [3.05, 3.63) is 174 Å². The van der Waals surface area contributed by atoms with E-state index >= 15 is 0 Å². The van der Waals surface area contributed by atoms with Crippen LogP contribution in [-0.2, 0) is 25.5 Å². The van der Waals surface area contributed by atoms with Gasteiger partial charge in [-0.05, 0) is 101 Å². The monoisotopic (exact) mass is 1120 g/mol. The molecule has 0 bridgehead atoms. The summed E-state index contributed by atoms with van der Waals surface area (Å²) in [4.78, 5) is 57.2. The molecule has 2 aromatic carbocycles. The summed E-state index contributed by atoms with van der Waals surface area (Å²) in [5, 5.41) is 22.3. The number of aromatic nitrogens is 14. The molecule has 10 heterocycles. The molecule has 1 unspecified atom stereocenters. The maximum Gasteiger partial charge on any atom is 0.225 e. The van der Waals surface area contributed by atoms with Crippen LogP contribution in [0.1, 0.15) is 71.9 Å². The van der Waals surface area contributed by atoms with E-state index in [1.165, 1.54) is 73.7 Å². The highest BCUT2D eigenvalue weighted by atomic mass is 35.5. The predicted molar refractivity (Wildman–Crippen MR) is 302 cm³/mol. The number of nitrogens with zero attached hydrogens (tertiary/aromatic N) is 17. The number of nitrogens with two attached hydrogens (primary N) is 1. The van der Waals surface area contributed by atoms with Crippen molar-refractivity contribution in [1.82, 2.24) is 68.7 Å². The maximum absolute atomic E-state index is 13.1. The zero-order valence-corrected chi connectivity index (χ0v) is 46.1. The lowest BCUT2D eigenvalue weighted by Gasteiger charge is -2.35. The SMILES string of the molecule is CC(C)(C)[S+](N)[O-].Cn1cc(-c2cc3c(Cl)ncnn3c2)cn1.Cn1cc(-c2cc3c(N4CCN(c5ncc(C(=O)c6ccc(F)cc6)cn5)CC4)ncnn3c2)cn1.O=C(c1ccc(F)cc1)c1cnc(N2CCCCC2)nc1. The van der Waals surface area contributed by atoms with Gasteiger partial charge in [-0.25, -0.2) is 47.7 Å². The molecular weight excluding hydrogens is 1070 g/mol. The summed E-state index contributed by atoms with van der Waals surface area (Å²) in [6, 6.07) is 15.0. The summed E-state index contributed by atoms with van der Waals surface area (Å²) in [5.74, 6) is 0.942. The van der Waals surface area contributed by atoms with Gasteiger partial charge in [0.2, 0.25) is 11.9 Å². The van der Waals surface area contributed by atoms with Gasteiger partial charge in [-0.1, -0.05) is 11.6 Å². The molecule has 10 aromatic rings. The molecule has 25 heteroatoms. The van der Waals surface area contributed by atoms with E-state index in [0.29, 0.717) is 52.4 Å². The Kier molecular flexibility index (Phi) is 17.6. The van der Waals surface area contributed by atoms with Gasteiger partial charge in [-0.15, -0.1) is 0 Å². The van der Waals surface area contributed by atoms with E-state index in [2.05, 4.69) is 71.1 Å².